The molecule has 0 aliphatic heterocycles. The molecule has 0 spiro atoms. The summed E-state index contributed by atoms with van der Waals surface area (Å²) >= 11 is 0. The molecule has 2 aromatic rings. The molecule has 0 amide bonds. The van der Waals surface area contributed by atoms with Gasteiger partial charge in [0.2, 0.25) is 0 Å². The van der Waals surface area contributed by atoms with Crippen LogP contribution in [0.2, 0.25) is 0 Å². The summed E-state index contributed by atoms with van der Waals surface area (Å²) in [6.07, 6.45) is 4.97. The van der Waals surface area contributed by atoms with Crippen LogP contribution in [0.15, 0.2) is 36.4 Å². The van der Waals surface area contributed by atoms with Gasteiger partial charge >= 0.3 is 0 Å². The Hall–Kier alpha value is -2.22. The van der Waals surface area contributed by atoms with E-state index in [1.54, 1.807) is 0 Å². The molecule has 0 saturated heterocycles. The van der Waals surface area contributed by atoms with Crippen LogP contribution >= 0.6 is 0 Å². The van der Waals surface area contributed by atoms with Crippen LogP contribution < -0.4 is 0 Å². The molecular weight excluding hydrogens is 296 g/mol. The predicted molar refractivity (Wildman–Crippen MR) is 92.9 cm³/mol. The van der Waals surface area contributed by atoms with Crippen LogP contribution in [0.25, 0.3) is 0 Å². The lowest BCUT2D eigenvalue weighted by Crippen LogP contribution is -2.21. The molecule has 6 aliphatic carbocycles. The second kappa shape index (κ2) is 5.14. The van der Waals surface area contributed by atoms with Gasteiger partial charge in [-0.2, -0.15) is 0 Å². The molecule has 0 N–H and O–H groups in total. The van der Waals surface area contributed by atoms with E-state index < -0.39 is 0 Å². The Bertz CT molecular complexity index is 804. The van der Waals surface area contributed by atoms with E-state index >= 15 is 0 Å². The van der Waals surface area contributed by atoms with Gasteiger partial charge in [-0.05, 0) is 71.9 Å². The van der Waals surface area contributed by atoms with Crippen LogP contribution in [0.4, 0.5) is 0 Å². The standard InChI is InChI=1S/C22H20O2/c23-21-8-4-16-10-14-2-6-18-15(3-7-22(24)20(18)12-14)9-13-1-5-17(16)19(21)11-13/h1-2,5-6,11-12,15-16H,3-4,7-10H2/t15-,16+. The Kier molecular flexibility index (Phi) is 3.03. The van der Waals surface area contributed by atoms with Crippen LogP contribution in [0.1, 0.15) is 80.5 Å². The van der Waals surface area contributed by atoms with Crippen LogP contribution in [-0.2, 0) is 12.8 Å². The van der Waals surface area contributed by atoms with Crippen LogP contribution in [0.3, 0.4) is 0 Å². The average Bonchev–Trinajstić information content (AvgIpc) is 2.59. The number of rotatable bonds is 0. The summed E-state index contributed by atoms with van der Waals surface area (Å²) in [6, 6.07) is 13.1. The second-order valence-corrected chi connectivity index (χ2v) is 7.57. The van der Waals surface area contributed by atoms with Crippen molar-refractivity contribution in [2.45, 2.75) is 50.4 Å². The molecule has 120 valence electrons. The number of ketones is 2. The zero-order valence-electron chi connectivity index (χ0n) is 13.7. The van der Waals surface area contributed by atoms with Gasteiger partial charge in [0, 0.05) is 24.0 Å². The number of hydrogen-bond acceptors (Lipinski definition) is 2. The molecule has 0 fully saturated rings. The molecule has 8 bridgehead atoms. The van der Waals surface area contributed by atoms with E-state index in [2.05, 4.69) is 36.4 Å². The Labute approximate surface area is 141 Å². The molecule has 2 aromatic carbocycles. The lowest BCUT2D eigenvalue weighted by molar-refractivity contribution is 0.0960. The molecule has 2 atom stereocenters. The molecule has 0 radical (unpaired) electrons. The average molecular weight is 316 g/mol. The number of benzene rings is 2. The number of hydrogen-bond donors (Lipinski definition) is 0. The summed E-state index contributed by atoms with van der Waals surface area (Å²) < 4.78 is 0. The fourth-order valence-electron chi connectivity index (χ4n) is 4.84. The summed E-state index contributed by atoms with van der Waals surface area (Å²) in [7, 11) is 0. The molecule has 24 heavy (non-hydrogen) atoms. The van der Waals surface area contributed by atoms with Gasteiger partial charge in [0.15, 0.2) is 11.6 Å². The molecule has 0 aromatic heterocycles. The molecule has 0 saturated carbocycles. The number of Topliss-reactive ketones (excluding diaryl/α,β-unsaturated/α-hetero) is 2. The third-order valence-electron chi connectivity index (χ3n) is 6.12. The largest absolute Gasteiger partial charge is 0.294 e. The summed E-state index contributed by atoms with van der Waals surface area (Å²) in [5, 5.41) is 0. The van der Waals surface area contributed by atoms with Crippen LogP contribution in [-0.4, -0.2) is 11.6 Å². The zero-order valence-corrected chi connectivity index (χ0v) is 13.7. The van der Waals surface area contributed by atoms with E-state index in [0.717, 1.165) is 36.8 Å². The fourth-order valence-corrected chi connectivity index (χ4v) is 4.84. The minimum absolute atomic E-state index is 0.300. The van der Waals surface area contributed by atoms with Crippen molar-refractivity contribution < 1.29 is 9.59 Å². The van der Waals surface area contributed by atoms with Gasteiger partial charge in [-0.1, -0.05) is 24.3 Å². The van der Waals surface area contributed by atoms with Gasteiger partial charge in [-0.25, -0.2) is 0 Å². The van der Waals surface area contributed by atoms with Crippen molar-refractivity contribution in [3.05, 3.63) is 69.8 Å². The fraction of sp³-hybridized carbons (Fsp3) is 0.364. The quantitative estimate of drug-likeness (QED) is 0.711. The van der Waals surface area contributed by atoms with Gasteiger partial charge in [-0.3, -0.25) is 9.59 Å². The SMILES string of the molecule is O=C1CC[C@@H]2Cc3ccc4c(c3)C(=O)CC[C@H]4Cc3ccc2c1c3. The first-order valence-electron chi connectivity index (χ1n) is 9.01. The first-order valence-corrected chi connectivity index (χ1v) is 9.01. The molecular formula is C22H20O2. The minimum atomic E-state index is 0.300. The van der Waals surface area contributed by atoms with E-state index in [0.29, 0.717) is 36.2 Å². The molecule has 6 aliphatic rings. The van der Waals surface area contributed by atoms with Crippen molar-refractivity contribution in [2.75, 3.05) is 0 Å². The monoisotopic (exact) mass is 316 g/mol. The van der Waals surface area contributed by atoms with Crippen molar-refractivity contribution in [1.29, 1.82) is 0 Å². The Morgan fingerprint density at radius 3 is 1.58 bits per heavy atom. The van der Waals surface area contributed by atoms with Crippen molar-refractivity contribution in [1.82, 2.24) is 0 Å². The zero-order chi connectivity index (χ0) is 16.3. The molecule has 2 heteroatoms. The van der Waals surface area contributed by atoms with Crippen LogP contribution in [0.5, 0.6) is 0 Å². The van der Waals surface area contributed by atoms with E-state index in [4.69, 9.17) is 0 Å². The second-order valence-electron chi connectivity index (χ2n) is 7.57. The highest BCUT2D eigenvalue weighted by Crippen LogP contribution is 2.40. The Balaban J connectivity index is 1.72. The molecule has 0 heterocycles. The van der Waals surface area contributed by atoms with Crippen molar-refractivity contribution >= 4 is 11.6 Å². The molecule has 8 rings (SSSR count). The normalized spacial score (nSPS) is 24.7. The van der Waals surface area contributed by atoms with Crippen molar-refractivity contribution in [3.8, 4) is 0 Å². The summed E-state index contributed by atoms with van der Waals surface area (Å²) in [6.45, 7) is 0. The van der Waals surface area contributed by atoms with Crippen LogP contribution in [0, 0.1) is 0 Å². The minimum Gasteiger partial charge on any atom is -0.294 e. The maximum Gasteiger partial charge on any atom is 0.163 e. The highest BCUT2D eigenvalue weighted by Gasteiger charge is 2.30. The molecule has 2 nitrogen and oxygen atoms in total. The van der Waals surface area contributed by atoms with E-state index in [9.17, 15) is 9.59 Å². The van der Waals surface area contributed by atoms with Gasteiger partial charge in [0.25, 0.3) is 0 Å². The van der Waals surface area contributed by atoms with Crippen molar-refractivity contribution in [3.63, 3.8) is 0 Å². The van der Waals surface area contributed by atoms with Crippen molar-refractivity contribution in [2.24, 2.45) is 0 Å². The highest BCUT2D eigenvalue weighted by molar-refractivity contribution is 6.00. The topological polar surface area (TPSA) is 34.1 Å². The van der Waals surface area contributed by atoms with E-state index in [-0.39, 0.29) is 0 Å². The Morgan fingerprint density at radius 2 is 1.12 bits per heavy atom. The Morgan fingerprint density at radius 1 is 0.667 bits per heavy atom. The lowest BCUT2D eigenvalue weighted by Gasteiger charge is -2.30. The summed E-state index contributed by atoms with van der Waals surface area (Å²) in [5.74, 6) is 1.37. The van der Waals surface area contributed by atoms with Gasteiger partial charge in [0.05, 0.1) is 0 Å². The predicted octanol–water partition coefficient (Wildman–Crippen LogP) is 4.61. The smallest absolute Gasteiger partial charge is 0.163 e. The first kappa shape index (κ1) is 14.2. The molecule has 0 unspecified atom stereocenters. The first-order chi connectivity index (χ1) is 11.7. The third-order valence-corrected chi connectivity index (χ3v) is 6.12. The highest BCUT2D eigenvalue weighted by atomic mass is 16.1. The van der Waals surface area contributed by atoms with E-state index in [1.807, 2.05) is 0 Å². The third kappa shape index (κ3) is 2.09. The van der Waals surface area contributed by atoms with Gasteiger partial charge in [-0.15, -0.1) is 0 Å². The maximum atomic E-state index is 12.4. The summed E-state index contributed by atoms with van der Waals surface area (Å²) in [4.78, 5) is 24.8. The number of carbonyl (C=O) groups is 2. The summed E-state index contributed by atoms with van der Waals surface area (Å²) in [5.41, 5.74) is 6.79. The van der Waals surface area contributed by atoms with Gasteiger partial charge in [0.1, 0.15) is 0 Å². The lowest BCUT2D eigenvalue weighted by atomic mass is 9.74. The number of carbonyl (C=O) groups excluding carboxylic acids is 2. The maximum absolute atomic E-state index is 12.4. The van der Waals surface area contributed by atoms with Gasteiger partial charge < -0.3 is 0 Å². The van der Waals surface area contributed by atoms with E-state index in [1.165, 1.54) is 22.3 Å².